The van der Waals surface area contributed by atoms with Crippen LogP contribution in [0.25, 0.3) is 0 Å². The van der Waals surface area contributed by atoms with Gasteiger partial charge in [0.2, 0.25) is 5.91 Å². The Balaban J connectivity index is 1.90. The summed E-state index contributed by atoms with van der Waals surface area (Å²) in [5.41, 5.74) is 0.424. The number of hydrogen-bond acceptors (Lipinski definition) is 6. The molecule has 116 valence electrons. The fourth-order valence-corrected chi connectivity index (χ4v) is 3.00. The van der Waals surface area contributed by atoms with E-state index in [1.807, 2.05) is 0 Å². The highest BCUT2D eigenvalue weighted by atomic mass is 32.1. The van der Waals surface area contributed by atoms with Crippen LogP contribution in [0.15, 0.2) is 11.4 Å². The number of thiophene rings is 1. The first kappa shape index (κ1) is 15.9. The maximum Gasteiger partial charge on any atom is 0.341 e. The number of hydrogen-bond donors (Lipinski definition) is 2. The number of rotatable bonds is 5. The fraction of sp³-hybridized carbons (Fsp3) is 0.571. The molecular formula is C14H21N3O3S. The second-order valence-electron chi connectivity index (χ2n) is 4.81. The van der Waals surface area contributed by atoms with Gasteiger partial charge in [-0.2, -0.15) is 0 Å². The fourth-order valence-electron chi connectivity index (χ4n) is 2.20. The molecule has 0 aromatic carbocycles. The summed E-state index contributed by atoms with van der Waals surface area (Å²) in [7, 11) is 0. The topological polar surface area (TPSA) is 70.7 Å². The Kier molecular flexibility index (Phi) is 6.16. The molecule has 6 nitrogen and oxygen atoms in total. The predicted molar refractivity (Wildman–Crippen MR) is 82.8 cm³/mol. The Morgan fingerprint density at radius 3 is 3.10 bits per heavy atom. The number of carbonyl (C=O) groups excluding carboxylic acids is 2. The monoisotopic (exact) mass is 311 g/mol. The van der Waals surface area contributed by atoms with Gasteiger partial charge in [-0.3, -0.25) is 9.69 Å². The third-order valence-corrected chi connectivity index (χ3v) is 4.04. The standard InChI is InChI=1S/C14H21N3O3S/c1-2-20-14(19)11-4-9-21-13(11)16-12(18)10-17-7-3-5-15-6-8-17/h4,9,15H,2-3,5-8,10H2,1H3,(H,16,18). The zero-order chi connectivity index (χ0) is 15.1. The third kappa shape index (κ3) is 4.80. The van der Waals surface area contributed by atoms with Gasteiger partial charge in [-0.1, -0.05) is 0 Å². The molecule has 0 atom stereocenters. The van der Waals surface area contributed by atoms with Crippen LogP contribution in [0, 0.1) is 0 Å². The van der Waals surface area contributed by atoms with Crippen molar-refractivity contribution in [3.8, 4) is 0 Å². The first-order valence-corrected chi connectivity index (χ1v) is 8.06. The summed E-state index contributed by atoms with van der Waals surface area (Å²) in [6.07, 6.45) is 1.04. The second-order valence-corrected chi connectivity index (χ2v) is 5.73. The van der Waals surface area contributed by atoms with Gasteiger partial charge in [0.05, 0.1) is 18.7 Å². The summed E-state index contributed by atoms with van der Waals surface area (Å²) in [6.45, 7) is 6.11. The Morgan fingerprint density at radius 1 is 1.43 bits per heavy atom. The van der Waals surface area contributed by atoms with Crippen LogP contribution in [-0.4, -0.2) is 56.1 Å². The molecule has 2 heterocycles. The van der Waals surface area contributed by atoms with Crippen molar-refractivity contribution in [1.29, 1.82) is 0 Å². The lowest BCUT2D eigenvalue weighted by Crippen LogP contribution is -2.35. The van der Waals surface area contributed by atoms with Crippen molar-refractivity contribution in [2.24, 2.45) is 0 Å². The van der Waals surface area contributed by atoms with Crippen LogP contribution in [0.4, 0.5) is 5.00 Å². The molecule has 1 fully saturated rings. The van der Waals surface area contributed by atoms with Gasteiger partial charge in [0, 0.05) is 13.1 Å². The smallest absolute Gasteiger partial charge is 0.341 e. The number of anilines is 1. The van der Waals surface area contributed by atoms with Crippen molar-refractivity contribution < 1.29 is 14.3 Å². The Hall–Kier alpha value is -1.44. The van der Waals surface area contributed by atoms with Crippen LogP contribution in [-0.2, 0) is 9.53 Å². The largest absolute Gasteiger partial charge is 0.462 e. The van der Waals surface area contributed by atoms with E-state index in [4.69, 9.17) is 4.74 Å². The normalized spacial score (nSPS) is 16.2. The molecule has 2 N–H and O–H groups in total. The number of nitrogens with one attached hydrogen (secondary N) is 2. The maximum absolute atomic E-state index is 12.1. The average Bonchev–Trinajstić information content (AvgIpc) is 2.75. The number of ether oxygens (including phenoxy) is 1. The molecule has 1 aliphatic rings. The molecule has 0 saturated carbocycles. The van der Waals surface area contributed by atoms with Gasteiger partial charge in [-0.05, 0) is 37.9 Å². The molecule has 21 heavy (non-hydrogen) atoms. The molecule has 1 saturated heterocycles. The van der Waals surface area contributed by atoms with Crippen molar-refractivity contribution in [3.63, 3.8) is 0 Å². The maximum atomic E-state index is 12.1. The lowest BCUT2D eigenvalue weighted by atomic mass is 10.3. The van der Waals surface area contributed by atoms with Crippen LogP contribution in [0.3, 0.4) is 0 Å². The molecule has 2 rings (SSSR count). The van der Waals surface area contributed by atoms with E-state index in [0.29, 0.717) is 23.7 Å². The molecule has 1 aromatic rings. The van der Waals surface area contributed by atoms with Crippen LogP contribution in [0.2, 0.25) is 0 Å². The molecule has 1 aliphatic heterocycles. The molecule has 1 amide bonds. The summed E-state index contributed by atoms with van der Waals surface area (Å²) in [5.74, 6) is -0.488. The Bertz CT molecular complexity index is 482. The van der Waals surface area contributed by atoms with Gasteiger partial charge >= 0.3 is 5.97 Å². The minimum Gasteiger partial charge on any atom is -0.462 e. The molecule has 0 spiro atoms. The molecule has 0 aliphatic carbocycles. The van der Waals surface area contributed by atoms with Crippen molar-refractivity contribution in [2.45, 2.75) is 13.3 Å². The van der Waals surface area contributed by atoms with Crippen molar-refractivity contribution in [1.82, 2.24) is 10.2 Å². The number of amides is 1. The zero-order valence-electron chi connectivity index (χ0n) is 12.2. The van der Waals surface area contributed by atoms with Gasteiger partial charge in [0.15, 0.2) is 0 Å². The molecule has 0 unspecified atom stereocenters. The second kappa shape index (κ2) is 8.11. The minimum atomic E-state index is -0.395. The third-order valence-electron chi connectivity index (χ3n) is 3.21. The SMILES string of the molecule is CCOC(=O)c1ccsc1NC(=O)CN1CCCNCC1. The predicted octanol–water partition coefficient (Wildman–Crippen LogP) is 1.16. The van der Waals surface area contributed by atoms with E-state index < -0.39 is 5.97 Å². The highest BCUT2D eigenvalue weighted by molar-refractivity contribution is 7.14. The van der Waals surface area contributed by atoms with E-state index in [1.165, 1.54) is 11.3 Å². The van der Waals surface area contributed by atoms with E-state index in [9.17, 15) is 9.59 Å². The summed E-state index contributed by atoms with van der Waals surface area (Å²) >= 11 is 1.33. The van der Waals surface area contributed by atoms with Gasteiger partial charge in [0.1, 0.15) is 5.00 Å². The average molecular weight is 311 g/mol. The first-order valence-electron chi connectivity index (χ1n) is 7.18. The summed E-state index contributed by atoms with van der Waals surface area (Å²) in [6, 6.07) is 1.67. The molecule has 1 aromatic heterocycles. The molecule has 7 heteroatoms. The number of nitrogens with zero attached hydrogens (tertiary/aromatic N) is 1. The summed E-state index contributed by atoms with van der Waals surface area (Å²) in [5, 5.41) is 8.45. The number of carbonyl (C=O) groups is 2. The molecular weight excluding hydrogens is 290 g/mol. The summed E-state index contributed by atoms with van der Waals surface area (Å²) < 4.78 is 4.97. The lowest BCUT2D eigenvalue weighted by molar-refractivity contribution is -0.117. The Morgan fingerprint density at radius 2 is 2.29 bits per heavy atom. The van der Waals surface area contributed by atoms with Crippen molar-refractivity contribution in [2.75, 3.05) is 44.6 Å². The minimum absolute atomic E-state index is 0.0927. The first-order chi connectivity index (χ1) is 10.2. The highest BCUT2D eigenvalue weighted by Crippen LogP contribution is 2.24. The van der Waals surface area contributed by atoms with Crippen LogP contribution >= 0.6 is 11.3 Å². The van der Waals surface area contributed by atoms with Gasteiger partial charge < -0.3 is 15.4 Å². The quantitative estimate of drug-likeness (QED) is 0.799. The van der Waals surface area contributed by atoms with E-state index in [1.54, 1.807) is 18.4 Å². The van der Waals surface area contributed by atoms with Crippen LogP contribution in [0.1, 0.15) is 23.7 Å². The van der Waals surface area contributed by atoms with Crippen LogP contribution in [0.5, 0.6) is 0 Å². The highest BCUT2D eigenvalue weighted by Gasteiger charge is 2.18. The van der Waals surface area contributed by atoms with E-state index in [-0.39, 0.29) is 5.91 Å². The zero-order valence-corrected chi connectivity index (χ0v) is 13.0. The van der Waals surface area contributed by atoms with Gasteiger partial charge in [0.25, 0.3) is 0 Å². The summed E-state index contributed by atoms with van der Waals surface area (Å²) in [4.78, 5) is 26.0. The van der Waals surface area contributed by atoms with Crippen LogP contribution < -0.4 is 10.6 Å². The molecule has 0 radical (unpaired) electrons. The van der Waals surface area contributed by atoms with Crippen molar-refractivity contribution in [3.05, 3.63) is 17.0 Å². The van der Waals surface area contributed by atoms with E-state index in [2.05, 4.69) is 15.5 Å². The Labute approximate surface area is 128 Å². The van der Waals surface area contributed by atoms with Gasteiger partial charge in [-0.15, -0.1) is 11.3 Å². The van der Waals surface area contributed by atoms with E-state index >= 15 is 0 Å². The van der Waals surface area contributed by atoms with E-state index in [0.717, 1.165) is 32.6 Å². The molecule has 0 bridgehead atoms. The number of esters is 1. The lowest BCUT2D eigenvalue weighted by Gasteiger charge is -2.18. The van der Waals surface area contributed by atoms with Gasteiger partial charge in [-0.25, -0.2) is 4.79 Å². The van der Waals surface area contributed by atoms with Crippen molar-refractivity contribution >= 4 is 28.2 Å².